The molecule has 0 saturated carbocycles. The van der Waals surface area contributed by atoms with Crippen LogP contribution in [0, 0.1) is 6.92 Å². The first kappa shape index (κ1) is 17.6. The molecule has 7 nitrogen and oxygen atoms in total. The zero-order chi connectivity index (χ0) is 18.0. The number of pyridine rings is 1. The van der Waals surface area contributed by atoms with Gasteiger partial charge in [-0.15, -0.1) is 0 Å². The van der Waals surface area contributed by atoms with Crippen molar-refractivity contribution in [2.75, 3.05) is 18.5 Å². The highest BCUT2D eigenvalue weighted by atomic mass is 16.3. The number of nitrogens with one attached hydrogen (secondary N) is 1. The Morgan fingerprint density at radius 3 is 2.64 bits per heavy atom. The number of hydrogen-bond acceptors (Lipinski definition) is 6. The van der Waals surface area contributed by atoms with E-state index < -0.39 is 6.10 Å². The van der Waals surface area contributed by atoms with Crippen LogP contribution in [0.1, 0.15) is 19.0 Å². The molecule has 3 aromatic rings. The van der Waals surface area contributed by atoms with E-state index in [2.05, 4.69) is 10.4 Å². The molecule has 2 heterocycles. The molecule has 3 rings (SSSR count). The van der Waals surface area contributed by atoms with E-state index >= 15 is 0 Å². The van der Waals surface area contributed by atoms with Gasteiger partial charge in [-0.1, -0.05) is 25.1 Å². The summed E-state index contributed by atoms with van der Waals surface area (Å²) in [5.41, 5.74) is 3.14. The molecule has 0 bridgehead atoms. The van der Waals surface area contributed by atoms with Crippen molar-refractivity contribution in [1.29, 1.82) is 0 Å². The van der Waals surface area contributed by atoms with E-state index in [4.69, 9.17) is 10.1 Å². The van der Waals surface area contributed by atoms with Crippen molar-refractivity contribution < 1.29 is 15.3 Å². The number of benzene rings is 1. The van der Waals surface area contributed by atoms with Crippen molar-refractivity contribution in [3.8, 4) is 0 Å². The number of aromatic nitrogens is 3. The van der Waals surface area contributed by atoms with Gasteiger partial charge in [0.25, 0.3) is 0 Å². The molecule has 0 spiro atoms. The topological polar surface area (TPSA) is 103 Å². The molecule has 0 aliphatic rings. The molecule has 2 aromatic heterocycles. The van der Waals surface area contributed by atoms with Crippen LogP contribution in [-0.4, -0.2) is 55.4 Å². The average molecular weight is 344 g/mol. The summed E-state index contributed by atoms with van der Waals surface area (Å²) in [6.07, 6.45) is -0.113. The van der Waals surface area contributed by atoms with Crippen LogP contribution in [0.25, 0.3) is 21.9 Å². The Balaban J connectivity index is 2.25. The summed E-state index contributed by atoms with van der Waals surface area (Å²) in [7, 11) is 0. The Kier molecular flexibility index (Phi) is 5.17. The molecule has 0 aliphatic heterocycles. The van der Waals surface area contributed by atoms with E-state index in [1.165, 1.54) is 0 Å². The Hall–Kier alpha value is -2.22. The Morgan fingerprint density at radius 2 is 1.96 bits per heavy atom. The van der Waals surface area contributed by atoms with Gasteiger partial charge in [-0.05, 0) is 19.4 Å². The maximum absolute atomic E-state index is 9.80. The van der Waals surface area contributed by atoms with Gasteiger partial charge in [0.1, 0.15) is 0 Å². The zero-order valence-corrected chi connectivity index (χ0v) is 14.5. The lowest BCUT2D eigenvalue weighted by Gasteiger charge is -2.18. The second kappa shape index (κ2) is 7.35. The first-order valence-electron chi connectivity index (χ1n) is 8.51. The Bertz CT molecular complexity index is 874. The summed E-state index contributed by atoms with van der Waals surface area (Å²) in [6.45, 7) is 3.78. The molecule has 0 amide bonds. The van der Waals surface area contributed by atoms with E-state index in [0.29, 0.717) is 5.65 Å². The number of anilines is 1. The van der Waals surface area contributed by atoms with Crippen molar-refractivity contribution in [1.82, 2.24) is 14.8 Å². The number of rotatable bonds is 7. The van der Waals surface area contributed by atoms with E-state index in [0.717, 1.165) is 34.1 Å². The Morgan fingerprint density at radius 1 is 1.20 bits per heavy atom. The number of para-hydroxylation sites is 1. The second-order valence-electron chi connectivity index (χ2n) is 6.24. The minimum Gasteiger partial charge on any atom is -0.394 e. The maximum Gasteiger partial charge on any atom is 0.160 e. The van der Waals surface area contributed by atoms with Gasteiger partial charge in [0.15, 0.2) is 5.65 Å². The lowest BCUT2D eigenvalue weighted by molar-refractivity contribution is 0.0791. The van der Waals surface area contributed by atoms with Crippen LogP contribution in [-0.2, 0) is 6.54 Å². The van der Waals surface area contributed by atoms with Gasteiger partial charge >= 0.3 is 0 Å². The highest BCUT2D eigenvalue weighted by Gasteiger charge is 2.19. The lowest BCUT2D eigenvalue weighted by Crippen LogP contribution is -2.23. The van der Waals surface area contributed by atoms with Gasteiger partial charge in [0, 0.05) is 11.4 Å². The van der Waals surface area contributed by atoms with Crippen molar-refractivity contribution in [3.63, 3.8) is 0 Å². The van der Waals surface area contributed by atoms with Crippen LogP contribution in [0.2, 0.25) is 0 Å². The number of aliphatic hydroxyl groups excluding tert-OH is 3. The molecule has 134 valence electrons. The molecule has 0 unspecified atom stereocenters. The van der Waals surface area contributed by atoms with Crippen molar-refractivity contribution >= 4 is 27.6 Å². The standard InChI is InChI=1S/C18H24N4O3/c1-3-12(9-23)19-17-14-6-4-5-7-15(14)20-18-16(17)11(2)21-22(18)8-13(25)10-24/h4-7,12-13,23-25H,3,8-10H2,1-2H3,(H,19,20)/t12-,13-/m0/s1. The quantitative estimate of drug-likeness (QED) is 0.517. The predicted octanol–water partition coefficient (Wildman–Crippen LogP) is 1.43. The van der Waals surface area contributed by atoms with E-state index in [9.17, 15) is 10.2 Å². The molecule has 7 heteroatoms. The van der Waals surface area contributed by atoms with Gasteiger partial charge in [-0.2, -0.15) is 5.10 Å². The minimum atomic E-state index is -0.895. The SMILES string of the molecule is CC[C@@H](CO)Nc1c2ccccc2nc2c1c(C)nn2C[C@H](O)CO. The van der Waals surface area contributed by atoms with Crippen LogP contribution in [0.4, 0.5) is 5.69 Å². The highest BCUT2D eigenvalue weighted by molar-refractivity contribution is 6.07. The summed E-state index contributed by atoms with van der Waals surface area (Å²) < 4.78 is 1.63. The lowest BCUT2D eigenvalue weighted by atomic mass is 10.1. The fourth-order valence-corrected chi connectivity index (χ4v) is 3.02. The molecule has 0 aliphatic carbocycles. The van der Waals surface area contributed by atoms with Gasteiger partial charge < -0.3 is 20.6 Å². The number of aryl methyl sites for hydroxylation is 1. The molecule has 4 N–H and O–H groups in total. The third-order valence-electron chi connectivity index (χ3n) is 4.41. The zero-order valence-electron chi connectivity index (χ0n) is 14.5. The first-order valence-corrected chi connectivity index (χ1v) is 8.51. The molecular weight excluding hydrogens is 320 g/mol. The van der Waals surface area contributed by atoms with Crippen molar-refractivity contribution in [3.05, 3.63) is 30.0 Å². The number of hydrogen-bond donors (Lipinski definition) is 4. The summed E-state index contributed by atoms with van der Waals surface area (Å²) >= 11 is 0. The molecule has 0 radical (unpaired) electrons. The van der Waals surface area contributed by atoms with E-state index in [1.807, 2.05) is 38.1 Å². The third kappa shape index (κ3) is 3.30. The molecule has 2 atom stereocenters. The summed E-state index contributed by atoms with van der Waals surface area (Å²) in [5.74, 6) is 0. The fraction of sp³-hybridized carbons (Fsp3) is 0.444. The van der Waals surface area contributed by atoms with Crippen LogP contribution in [0.3, 0.4) is 0 Å². The summed E-state index contributed by atoms with van der Waals surface area (Å²) in [4.78, 5) is 4.71. The number of nitrogens with zero attached hydrogens (tertiary/aromatic N) is 3. The van der Waals surface area contributed by atoms with Crippen LogP contribution in [0.15, 0.2) is 24.3 Å². The smallest absolute Gasteiger partial charge is 0.160 e. The summed E-state index contributed by atoms with van der Waals surface area (Å²) in [6, 6.07) is 7.73. The average Bonchev–Trinajstić information content (AvgIpc) is 2.94. The van der Waals surface area contributed by atoms with Crippen LogP contribution in [0.5, 0.6) is 0 Å². The van der Waals surface area contributed by atoms with E-state index in [1.54, 1.807) is 4.68 Å². The largest absolute Gasteiger partial charge is 0.394 e. The fourth-order valence-electron chi connectivity index (χ4n) is 3.02. The second-order valence-corrected chi connectivity index (χ2v) is 6.24. The van der Waals surface area contributed by atoms with Crippen molar-refractivity contribution in [2.45, 2.75) is 39.0 Å². The molecule has 0 saturated heterocycles. The van der Waals surface area contributed by atoms with Gasteiger partial charge in [0.05, 0.1) is 48.1 Å². The monoisotopic (exact) mass is 344 g/mol. The summed E-state index contributed by atoms with van der Waals surface area (Å²) in [5, 5.41) is 38.3. The molecule has 1 aromatic carbocycles. The van der Waals surface area contributed by atoms with Crippen molar-refractivity contribution in [2.24, 2.45) is 0 Å². The number of aliphatic hydroxyl groups is 3. The van der Waals surface area contributed by atoms with Crippen LogP contribution < -0.4 is 5.32 Å². The molecular formula is C18H24N4O3. The van der Waals surface area contributed by atoms with E-state index in [-0.39, 0.29) is 25.8 Å². The maximum atomic E-state index is 9.80. The van der Waals surface area contributed by atoms with Crippen LogP contribution >= 0.6 is 0 Å². The predicted molar refractivity (Wildman–Crippen MR) is 97.7 cm³/mol. The van der Waals surface area contributed by atoms with Gasteiger partial charge in [-0.3, -0.25) is 0 Å². The minimum absolute atomic E-state index is 0.0328. The molecule has 25 heavy (non-hydrogen) atoms. The van der Waals surface area contributed by atoms with Gasteiger partial charge in [0.2, 0.25) is 0 Å². The third-order valence-corrected chi connectivity index (χ3v) is 4.41. The normalized spacial score (nSPS) is 14.1. The van der Waals surface area contributed by atoms with Gasteiger partial charge in [-0.25, -0.2) is 9.67 Å². The number of fused-ring (bicyclic) bond motifs is 2. The highest BCUT2D eigenvalue weighted by Crippen LogP contribution is 2.33. The first-order chi connectivity index (χ1) is 12.1. The Labute approximate surface area is 145 Å². The molecule has 0 fully saturated rings.